The number of nitrogens with one attached hydrogen (secondary N) is 2. The van der Waals surface area contributed by atoms with E-state index in [2.05, 4.69) is 26.6 Å². The first kappa shape index (κ1) is 17.2. The number of rotatable bonds is 5. The molecule has 1 atom stereocenters. The average molecular weight is 338 g/mol. The van der Waals surface area contributed by atoms with Crippen molar-refractivity contribution in [2.24, 2.45) is 0 Å². The lowest BCUT2D eigenvalue weighted by molar-refractivity contribution is -0.120. The van der Waals surface area contributed by atoms with Gasteiger partial charge in [0.15, 0.2) is 0 Å². The van der Waals surface area contributed by atoms with Gasteiger partial charge in [-0.3, -0.25) is 4.79 Å². The fourth-order valence-corrected chi connectivity index (χ4v) is 2.05. The highest BCUT2D eigenvalue weighted by atomic mass is 79.9. The van der Waals surface area contributed by atoms with E-state index in [0.717, 1.165) is 15.8 Å². The van der Waals surface area contributed by atoms with Gasteiger partial charge >= 0.3 is 0 Å². The van der Waals surface area contributed by atoms with E-state index in [4.69, 9.17) is 4.74 Å². The highest BCUT2D eigenvalue weighted by molar-refractivity contribution is 9.10. The molecule has 1 amide bonds. The molecule has 18 heavy (non-hydrogen) atoms. The van der Waals surface area contributed by atoms with E-state index >= 15 is 0 Å². The van der Waals surface area contributed by atoms with Crippen molar-refractivity contribution < 1.29 is 9.53 Å². The summed E-state index contributed by atoms with van der Waals surface area (Å²) >= 11 is 3.42. The highest BCUT2D eigenvalue weighted by Gasteiger charge is 2.10. The summed E-state index contributed by atoms with van der Waals surface area (Å²) in [5.74, 6) is 0.759. The molecule has 0 radical (unpaired) electrons. The Morgan fingerprint density at radius 3 is 2.67 bits per heavy atom. The van der Waals surface area contributed by atoms with E-state index in [-0.39, 0.29) is 24.4 Å². The Bertz CT molecular complexity index is 402. The smallest absolute Gasteiger partial charge is 0.234 e. The molecule has 4 nitrogen and oxygen atoms in total. The van der Waals surface area contributed by atoms with Gasteiger partial charge in [0, 0.05) is 0 Å². The van der Waals surface area contributed by atoms with E-state index in [1.807, 2.05) is 25.1 Å². The molecule has 0 saturated carbocycles. The topological polar surface area (TPSA) is 50.4 Å². The third-order valence-corrected chi connectivity index (χ3v) is 3.01. The Morgan fingerprint density at radius 2 is 2.17 bits per heavy atom. The standard InChI is InChI=1S/C12H17BrN2O2.ClH/c1-8(15-12(16)7-14-2)9-4-5-11(17-3)10(13)6-9;/h4-6,8,14H,7H2,1-3H3,(H,15,16);1H. The van der Waals surface area contributed by atoms with Gasteiger partial charge in [-0.2, -0.15) is 0 Å². The van der Waals surface area contributed by atoms with Crippen LogP contribution in [0.4, 0.5) is 0 Å². The van der Waals surface area contributed by atoms with Crippen molar-refractivity contribution in [3.63, 3.8) is 0 Å². The number of methoxy groups -OCH3 is 1. The summed E-state index contributed by atoms with van der Waals surface area (Å²) in [7, 11) is 3.37. The lowest BCUT2D eigenvalue weighted by atomic mass is 10.1. The van der Waals surface area contributed by atoms with Crippen molar-refractivity contribution in [1.29, 1.82) is 0 Å². The van der Waals surface area contributed by atoms with Gasteiger partial charge < -0.3 is 15.4 Å². The van der Waals surface area contributed by atoms with Crippen LogP contribution in [0.5, 0.6) is 5.75 Å². The number of hydrogen-bond acceptors (Lipinski definition) is 3. The maximum Gasteiger partial charge on any atom is 0.234 e. The lowest BCUT2D eigenvalue weighted by Gasteiger charge is -2.15. The Labute approximate surface area is 122 Å². The van der Waals surface area contributed by atoms with Crippen molar-refractivity contribution in [2.75, 3.05) is 20.7 Å². The molecule has 0 heterocycles. The van der Waals surface area contributed by atoms with Crippen LogP contribution in [0.15, 0.2) is 22.7 Å². The van der Waals surface area contributed by atoms with Crippen molar-refractivity contribution in [1.82, 2.24) is 10.6 Å². The number of carbonyl (C=O) groups is 1. The maximum atomic E-state index is 11.4. The van der Waals surface area contributed by atoms with Crippen LogP contribution in [0.3, 0.4) is 0 Å². The lowest BCUT2D eigenvalue weighted by Crippen LogP contribution is -2.33. The first-order chi connectivity index (χ1) is 8.08. The molecule has 0 aromatic heterocycles. The molecule has 0 bridgehead atoms. The van der Waals surface area contributed by atoms with Gasteiger partial charge in [0.05, 0.1) is 24.2 Å². The molecule has 1 aromatic rings. The van der Waals surface area contributed by atoms with Gasteiger partial charge in [-0.15, -0.1) is 12.4 Å². The third-order valence-electron chi connectivity index (χ3n) is 2.39. The summed E-state index contributed by atoms with van der Waals surface area (Å²) in [5, 5.41) is 5.71. The molecule has 0 aliphatic heterocycles. The molecule has 0 fully saturated rings. The number of carbonyl (C=O) groups excluding carboxylic acids is 1. The second-order valence-electron chi connectivity index (χ2n) is 3.71. The first-order valence-electron chi connectivity index (χ1n) is 5.36. The summed E-state index contributed by atoms with van der Waals surface area (Å²) < 4.78 is 6.04. The van der Waals surface area contributed by atoms with E-state index in [1.165, 1.54) is 0 Å². The van der Waals surface area contributed by atoms with Gasteiger partial charge in [0.1, 0.15) is 5.75 Å². The molecule has 1 unspecified atom stereocenters. The Kier molecular flexibility index (Phi) is 7.98. The summed E-state index contributed by atoms with van der Waals surface area (Å²) in [5.41, 5.74) is 1.03. The number of ether oxygens (including phenoxy) is 1. The number of amides is 1. The second-order valence-corrected chi connectivity index (χ2v) is 4.57. The predicted molar refractivity (Wildman–Crippen MR) is 78.4 cm³/mol. The molecule has 0 spiro atoms. The van der Waals surface area contributed by atoms with Crippen LogP contribution in [-0.2, 0) is 4.79 Å². The van der Waals surface area contributed by atoms with Crippen LogP contribution in [0.1, 0.15) is 18.5 Å². The van der Waals surface area contributed by atoms with Crippen LogP contribution < -0.4 is 15.4 Å². The van der Waals surface area contributed by atoms with Gasteiger partial charge in [-0.05, 0) is 47.6 Å². The van der Waals surface area contributed by atoms with Crippen molar-refractivity contribution in [2.45, 2.75) is 13.0 Å². The second kappa shape index (κ2) is 8.34. The molecule has 6 heteroatoms. The zero-order valence-corrected chi connectivity index (χ0v) is 13.0. The summed E-state index contributed by atoms with van der Waals surface area (Å²) in [6.45, 7) is 2.27. The fourth-order valence-electron chi connectivity index (χ4n) is 1.49. The number of halogens is 2. The van der Waals surface area contributed by atoms with E-state index in [1.54, 1.807) is 14.2 Å². The van der Waals surface area contributed by atoms with Gasteiger partial charge in [0.2, 0.25) is 5.91 Å². The van der Waals surface area contributed by atoms with Crippen molar-refractivity contribution in [3.8, 4) is 5.75 Å². The van der Waals surface area contributed by atoms with Crippen LogP contribution >= 0.6 is 28.3 Å². The molecule has 1 rings (SSSR count). The summed E-state index contributed by atoms with van der Waals surface area (Å²) in [6, 6.07) is 5.73. The van der Waals surface area contributed by atoms with Crippen LogP contribution in [0, 0.1) is 0 Å². The number of likely N-dealkylation sites (N-methyl/N-ethyl adjacent to an activating group) is 1. The summed E-state index contributed by atoms with van der Waals surface area (Å²) in [6.07, 6.45) is 0. The first-order valence-corrected chi connectivity index (χ1v) is 6.15. The average Bonchev–Trinajstić information content (AvgIpc) is 2.29. The third kappa shape index (κ3) is 4.84. The minimum absolute atomic E-state index is 0. The summed E-state index contributed by atoms with van der Waals surface area (Å²) in [4.78, 5) is 11.4. The van der Waals surface area contributed by atoms with E-state index in [0.29, 0.717) is 6.54 Å². The molecule has 2 N–H and O–H groups in total. The minimum Gasteiger partial charge on any atom is -0.496 e. The molecule has 0 aliphatic rings. The molecule has 102 valence electrons. The zero-order valence-electron chi connectivity index (χ0n) is 10.6. The Morgan fingerprint density at radius 1 is 1.50 bits per heavy atom. The number of benzene rings is 1. The fraction of sp³-hybridized carbons (Fsp3) is 0.417. The molecule has 1 aromatic carbocycles. The van der Waals surface area contributed by atoms with Crippen LogP contribution in [0.25, 0.3) is 0 Å². The van der Waals surface area contributed by atoms with E-state index < -0.39 is 0 Å². The van der Waals surface area contributed by atoms with Crippen molar-refractivity contribution in [3.05, 3.63) is 28.2 Å². The predicted octanol–water partition coefficient (Wildman–Crippen LogP) is 2.28. The zero-order chi connectivity index (χ0) is 12.8. The largest absolute Gasteiger partial charge is 0.496 e. The van der Waals surface area contributed by atoms with Gasteiger partial charge in [-0.25, -0.2) is 0 Å². The van der Waals surface area contributed by atoms with Crippen molar-refractivity contribution >= 4 is 34.2 Å². The van der Waals surface area contributed by atoms with Crippen LogP contribution in [-0.4, -0.2) is 26.6 Å². The monoisotopic (exact) mass is 336 g/mol. The highest BCUT2D eigenvalue weighted by Crippen LogP contribution is 2.27. The molecular formula is C12H18BrClN2O2. The van der Waals surface area contributed by atoms with Gasteiger partial charge in [0.25, 0.3) is 0 Å². The Balaban J connectivity index is 0.00000289. The minimum atomic E-state index is -0.0296. The SMILES string of the molecule is CNCC(=O)NC(C)c1ccc(OC)c(Br)c1.Cl. The van der Waals surface area contributed by atoms with Gasteiger partial charge in [-0.1, -0.05) is 6.07 Å². The number of hydrogen-bond donors (Lipinski definition) is 2. The maximum absolute atomic E-state index is 11.4. The normalized spacial score (nSPS) is 11.3. The molecule has 0 saturated heterocycles. The Hall–Kier alpha value is -0.780. The quantitative estimate of drug-likeness (QED) is 0.866. The van der Waals surface area contributed by atoms with Crippen LogP contribution in [0.2, 0.25) is 0 Å². The molecular weight excluding hydrogens is 320 g/mol. The molecule has 0 aliphatic carbocycles. The van der Waals surface area contributed by atoms with E-state index in [9.17, 15) is 4.79 Å².